The van der Waals surface area contributed by atoms with Gasteiger partial charge in [-0.25, -0.2) is 0 Å². The Bertz CT molecular complexity index is 377. The molecular weight excluding hydrogens is 172 g/mol. The van der Waals surface area contributed by atoms with E-state index in [0.29, 0.717) is 5.57 Å². The molecule has 0 unspecified atom stereocenters. The summed E-state index contributed by atoms with van der Waals surface area (Å²) < 4.78 is 0. The highest BCUT2D eigenvalue weighted by atomic mass is 16.1. The predicted octanol–water partition coefficient (Wildman–Crippen LogP) is 3.21. The van der Waals surface area contributed by atoms with Crippen molar-refractivity contribution in [2.24, 2.45) is 0 Å². The fourth-order valence-electron chi connectivity index (χ4n) is 1.83. The number of benzene rings is 1. The largest absolute Gasteiger partial charge is 0.295 e. The molecule has 0 spiro atoms. The fourth-order valence-corrected chi connectivity index (χ4v) is 1.83. The SMILES string of the molecule is C=C(C(C)=O)c1c(C)cc(C)cc1C. The Morgan fingerprint density at radius 1 is 1.14 bits per heavy atom. The summed E-state index contributed by atoms with van der Waals surface area (Å²) in [6.45, 7) is 11.5. The van der Waals surface area contributed by atoms with Crippen LogP contribution in [0.5, 0.6) is 0 Å². The molecule has 1 rings (SSSR count). The van der Waals surface area contributed by atoms with Crippen molar-refractivity contribution in [3.63, 3.8) is 0 Å². The van der Waals surface area contributed by atoms with Crippen molar-refractivity contribution in [2.75, 3.05) is 0 Å². The fraction of sp³-hybridized carbons (Fsp3) is 0.308. The van der Waals surface area contributed by atoms with Crippen molar-refractivity contribution in [1.29, 1.82) is 0 Å². The zero-order valence-electron chi connectivity index (χ0n) is 9.27. The van der Waals surface area contributed by atoms with E-state index >= 15 is 0 Å². The van der Waals surface area contributed by atoms with Crippen LogP contribution in [0.15, 0.2) is 18.7 Å². The molecule has 74 valence electrons. The molecule has 0 aliphatic rings. The third-order valence-electron chi connectivity index (χ3n) is 2.40. The van der Waals surface area contributed by atoms with Gasteiger partial charge in [0.05, 0.1) is 0 Å². The van der Waals surface area contributed by atoms with Gasteiger partial charge in [-0.2, -0.15) is 0 Å². The first-order valence-electron chi connectivity index (χ1n) is 4.71. The Balaban J connectivity index is 3.35. The number of ketones is 1. The molecule has 0 amide bonds. The first-order chi connectivity index (χ1) is 6.43. The van der Waals surface area contributed by atoms with Crippen LogP contribution in [-0.2, 0) is 4.79 Å². The maximum atomic E-state index is 11.2. The van der Waals surface area contributed by atoms with E-state index in [1.54, 1.807) is 6.92 Å². The molecule has 0 saturated carbocycles. The van der Waals surface area contributed by atoms with Crippen LogP contribution in [0.1, 0.15) is 29.2 Å². The van der Waals surface area contributed by atoms with Crippen molar-refractivity contribution in [1.82, 2.24) is 0 Å². The quantitative estimate of drug-likeness (QED) is 0.651. The average molecular weight is 188 g/mol. The standard InChI is InChI=1S/C13H16O/c1-8-6-9(2)13(10(3)7-8)11(4)12(5)14/h6-7H,4H2,1-3,5H3. The summed E-state index contributed by atoms with van der Waals surface area (Å²) >= 11 is 0. The van der Waals surface area contributed by atoms with Gasteiger partial charge >= 0.3 is 0 Å². The lowest BCUT2D eigenvalue weighted by Gasteiger charge is -2.11. The summed E-state index contributed by atoms with van der Waals surface area (Å²) in [6, 6.07) is 4.16. The Hall–Kier alpha value is -1.37. The lowest BCUT2D eigenvalue weighted by Crippen LogP contribution is -2.00. The molecule has 0 fully saturated rings. The van der Waals surface area contributed by atoms with Gasteiger partial charge in [-0.1, -0.05) is 24.3 Å². The van der Waals surface area contributed by atoms with E-state index in [1.807, 2.05) is 13.8 Å². The van der Waals surface area contributed by atoms with Gasteiger partial charge in [0.25, 0.3) is 0 Å². The summed E-state index contributed by atoms with van der Waals surface area (Å²) in [4.78, 5) is 11.2. The molecule has 0 aliphatic heterocycles. The van der Waals surface area contributed by atoms with E-state index in [1.165, 1.54) is 5.56 Å². The Morgan fingerprint density at radius 3 is 1.93 bits per heavy atom. The number of carbonyl (C=O) groups is 1. The lowest BCUT2D eigenvalue weighted by molar-refractivity contribution is -0.111. The van der Waals surface area contributed by atoms with E-state index in [4.69, 9.17) is 0 Å². The van der Waals surface area contributed by atoms with Crippen LogP contribution in [0.4, 0.5) is 0 Å². The summed E-state index contributed by atoms with van der Waals surface area (Å²) in [6.07, 6.45) is 0. The first-order valence-corrected chi connectivity index (χ1v) is 4.71. The maximum absolute atomic E-state index is 11.2. The molecule has 1 nitrogen and oxygen atoms in total. The monoisotopic (exact) mass is 188 g/mol. The topological polar surface area (TPSA) is 17.1 Å². The summed E-state index contributed by atoms with van der Waals surface area (Å²) in [7, 11) is 0. The second kappa shape index (κ2) is 3.79. The minimum absolute atomic E-state index is 0.0417. The number of hydrogen-bond acceptors (Lipinski definition) is 1. The highest BCUT2D eigenvalue weighted by Crippen LogP contribution is 2.23. The highest BCUT2D eigenvalue weighted by Gasteiger charge is 2.10. The van der Waals surface area contributed by atoms with Gasteiger partial charge in [-0.3, -0.25) is 4.79 Å². The van der Waals surface area contributed by atoms with Crippen LogP contribution in [0.3, 0.4) is 0 Å². The molecular formula is C13H16O. The molecule has 0 radical (unpaired) electrons. The van der Waals surface area contributed by atoms with Crippen LogP contribution in [0.2, 0.25) is 0 Å². The molecule has 1 aromatic carbocycles. The molecule has 0 aliphatic carbocycles. The van der Waals surface area contributed by atoms with E-state index in [2.05, 4.69) is 25.6 Å². The van der Waals surface area contributed by atoms with Gasteiger partial charge in [-0.05, 0) is 44.4 Å². The molecule has 0 atom stereocenters. The highest BCUT2D eigenvalue weighted by molar-refractivity contribution is 6.19. The van der Waals surface area contributed by atoms with Crippen LogP contribution in [0, 0.1) is 20.8 Å². The lowest BCUT2D eigenvalue weighted by atomic mass is 9.93. The molecule has 0 N–H and O–H groups in total. The third-order valence-corrected chi connectivity index (χ3v) is 2.40. The van der Waals surface area contributed by atoms with Crippen LogP contribution < -0.4 is 0 Å². The Kier molecular flexibility index (Phi) is 2.90. The average Bonchev–Trinajstić information content (AvgIpc) is 2.01. The zero-order chi connectivity index (χ0) is 10.9. The van der Waals surface area contributed by atoms with Crippen LogP contribution in [-0.4, -0.2) is 5.78 Å². The molecule has 0 saturated heterocycles. The zero-order valence-corrected chi connectivity index (χ0v) is 9.27. The molecule has 0 aromatic heterocycles. The van der Waals surface area contributed by atoms with Crippen molar-refractivity contribution in [2.45, 2.75) is 27.7 Å². The molecule has 0 bridgehead atoms. The number of hydrogen-bond donors (Lipinski definition) is 0. The predicted molar refractivity (Wildman–Crippen MR) is 60.4 cm³/mol. The van der Waals surface area contributed by atoms with Gasteiger partial charge < -0.3 is 0 Å². The van der Waals surface area contributed by atoms with Gasteiger partial charge in [0.2, 0.25) is 0 Å². The third kappa shape index (κ3) is 1.92. The van der Waals surface area contributed by atoms with Gasteiger partial charge in [0, 0.05) is 5.57 Å². The van der Waals surface area contributed by atoms with Crippen molar-refractivity contribution in [3.8, 4) is 0 Å². The molecule has 1 aromatic rings. The second-order valence-electron chi connectivity index (χ2n) is 3.81. The number of carbonyl (C=O) groups excluding carboxylic acids is 1. The van der Waals surface area contributed by atoms with Gasteiger partial charge in [-0.15, -0.1) is 0 Å². The van der Waals surface area contributed by atoms with E-state index in [-0.39, 0.29) is 5.78 Å². The normalized spacial score (nSPS) is 10.0. The smallest absolute Gasteiger partial charge is 0.159 e. The minimum atomic E-state index is 0.0417. The first kappa shape index (κ1) is 10.7. The van der Waals surface area contributed by atoms with Gasteiger partial charge in [0.1, 0.15) is 0 Å². The Morgan fingerprint density at radius 2 is 1.57 bits per heavy atom. The van der Waals surface area contributed by atoms with E-state index < -0.39 is 0 Å². The summed E-state index contributed by atoms with van der Waals surface area (Å²) in [5.41, 5.74) is 5.09. The Labute approximate surface area is 85.5 Å². The summed E-state index contributed by atoms with van der Waals surface area (Å²) in [5, 5.41) is 0. The minimum Gasteiger partial charge on any atom is -0.295 e. The van der Waals surface area contributed by atoms with Crippen molar-refractivity contribution in [3.05, 3.63) is 41.0 Å². The summed E-state index contributed by atoms with van der Waals surface area (Å²) in [5.74, 6) is 0.0417. The molecule has 1 heteroatoms. The van der Waals surface area contributed by atoms with Crippen LogP contribution >= 0.6 is 0 Å². The van der Waals surface area contributed by atoms with Crippen molar-refractivity contribution >= 4 is 11.4 Å². The van der Waals surface area contributed by atoms with Crippen LogP contribution in [0.25, 0.3) is 5.57 Å². The number of aryl methyl sites for hydroxylation is 3. The van der Waals surface area contributed by atoms with Gasteiger partial charge in [0.15, 0.2) is 5.78 Å². The molecule has 0 heterocycles. The number of allylic oxidation sites excluding steroid dienone is 1. The van der Waals surface area contributed by atoms with Crippen molar-refractivity contribution < 1.29 is 4.79 Å². The van der Waals surface area contributed by atoms with E-state index in [0.717, 1.165) is 16.7 Å². The van der Waals surface area contributed by atoms with E-state index in [9.17, 15) is 4.79 Å². The second-order valence-corrected chi connectivity index (χ2v) is 3.81. The molecule has 14 heavy (non-hydrogen) atoms. The number of rotatable bonds is 2. The maximum Gasteiger partial charge on any atom is 0.159 e. The number of Topliss-reactive ketones (excluding diaryl/α,β-unsaturated/α-hetero) is 1.